The molecule has 4 rings (SSSR count). The molecule has 0 radical (unpaired) electrons. The highest BCUT2D eigenvalue weighted by Crippen LogP contribution is 2.36. The first-order chi connectivity index (χ1) is 16.7. The van der Waals surface area contributed by atoms with Crippen molar-refractivity contribution in [1.29, 1.82) is 0 Å². The number of aliphatic hydroxyl groups excluding tert-OH is 1. The Balaban J connectivity index is 1.67. The van der Waals surface area contributed by atoms with E-state index in [1.54, 1.807) is 52.0 Å². The maximum Gasteiger partial charge on any atom is 0.260 e. The lowest BCUT2D eigenvalue weighted by Crippen LogP contribution is -2.31. The lowest BCUT2D eigenvalue weighted by Gasteiger charge is -2.18. The van der Waals surface area contributed by atoms with Crippen LogP contribution in [0, 0.1) is 0 Å². The fourth-order valence-electron chi connectivity index (χ4n) is 3.81. The quantitative estimate of drug-likeness (QED) is 0.471. The van der Waals surface area contributed by atoms with E-state index in [9.17, 15) is 18.3 Å². The van der Waals surface area contributed by atoms with Crippen LogP contribution >= 0.6 is 0 Å². The summed E-state index contributed by atoms with van der Waals surface area (Å²) in [6.07, 6.45) is 0. The Morgan fingerprint density at radius 1 is 1.26 bits per heavy atom. The largest absolute Gasteiger partial charge is 0.493 e. The number of fused-ring (bicyclic) bond motifs is 1. The van der Waals surface area contributed by atoms with Crippen molar-refractivity contribution in [2.24, 2.45) is 0 Å². The summed E-state index contributed by atoms with van der Waals surface area (Å²) in [6, 6.07) is 7.33. The molecule has 0 unspecified atom stereocenters. The number of pyridine rings is 1. The number of benzene rings is 1. The predicted molar refractivity (Wildman–Crippen MR) is 126 cm³/mol. The number of sulfonamides is 1. The summed E-state index contributed by atoms with van der Waals surface area (Å²) >= 11 is 0. The maximum absolute atomic E-state index is 13.2. The van der Waals surface area contributed by atoms with Crippen molar-refractivity contribution < 1.29 is 23.1 Å². The number of aliphatic hydroxyl groups is 1. The van der Waals surface area contributed by atoms with Crippen molar-refractivity contribution in [2.75, 3.05) is 18.5 Å². The highest BCUT2D eigenvalue weighted by molar-refractivity contribution is 7.89. The molecule has 13 heteroatoms. The Labute approximate surface area is 203 Å². The topological polar surface area (TPSA) is 152 Å². The Kier molecular flexibility index (Phi) is 6.83. The van der Waals surface area contributed by atoms with E-state index < -0.39 is 15.9 Å². The fourth-order valence-corrected chi connectivity index (χ4v) is 5.64. The summed E-state index contributed by atoms with van der Waals surface area (Å²) in [6.45, 7) is 7.51. The number of hydrogen-bond acceptors (Lipinski definition) is 9. The molecule has 186 valence electrons. The SMILES string of the molecule is CCOc1cc2c(cc1C(=O)Nc1cccc(-c3nnnn3[C@H](C)CO)n1)S(=O)(=O)N(C(C)C)C2. The third-order valence-corrected chi connectivity index (χ3v) is 7.69. The van der Waals surface area contributed by atoms with E-state index in [1.165, 1.54) is 15.1 Å². The van der Waals surface area contributed by atoms with Gasteiger partial charge in [0.2, 0.25) is 15.8 Å². The van der Waals surface area contributed by atoms with Crippen LogP contribution in [0.15, 0.2) is 35.2 Å². The van der Waals surface area contributed by atoms with E-state index in [2.05, 4.69) is 25.8 Å². The smallest absolute Gasteiger partial charge is 0.260 e. The van der Waals surface area contributed by atoms with E-state index in [4.69, 9.17) is 4.74 Å². The number of ether oxygens (including phenoxy) is 1. The molecule has 1 aromatic carbocycles. The predicted octanol–water partition coefficient (Wildman–Crippen LogP) is 1.85. The average molecular weight is 502 g/mol. The van der Waals surface area contributed by atoms with Gasteiger partial charge in [-0.1, -0.05) is 6.07 Å². The lowest BCUT2D eigenvalue weighted by molar-refractivity contribution is 0.102. The van der Waals surface area contributed by atoms with Crippen LogP contribution in [0.5, 0.6) is 5.75 Å². The monoisotopic (exact) mass is 501 g/mol. The third kappa shape index (κ3) is 4.61. The second-order valence-electron chi connectivity index (χ2n) is 8.37. The van der Waals surface area contributed by atoms with Crippen LogP contribution in [-0.2, 0) is 16.6 Å². The van der Waals surface area contributed by atoms with Crippen molar-refractivity contribution in [2.45, 2.75) is 51.2 Å². The first kappa shape index (κ1) is 24.7. The minimum Gasteiger partial charge on any atom is -0.493 e. The summed E-state index contributed by atoms with van der Waals surface area (Å²) in [5, 5.41) is 23.7. The minimum atomic E-state index is -3.72. The first-order valence-corrected chi connectivity index (χ1v) is 12.6. The number of carbonyl (C=O) groups is 1. The van der Waals surface area contributed by atoms with Crippen molar-refractivity contribution in [3.05, 3.63) is 41.5 Å². The third-order valence-electron chi connectivity index (χ3n) is 5.59. The van der Waals surface area contributed by atoms with E-state index in [0.29, 0.717) is 29.4 Å². The molecule has 1 atom stereocenters. The van der Waals surface area contributed by atoms with Crippen LogP contribution in [0.1, 0.15) is 49.7 Å². The second kappa shape index (κ2) is 9.68. The van der Waals surface area contributed by atoms with Crippen LogP contribution in [0.2, 0.25) is 0 Å². The summed E-state index contributed by atoms with van der Waals surface area (Å²) in [7, 11) is -3.72. The van der Waals surface area contributed by atoms with Crippen LogP contribution in [0.3, 0.4) is 0 Å². The van der Waals surface area contributed by atoms with Gasteiger partial charge in [0, 0.05) is 12.6 Å². The van der Waals surface area contributed by atoms with Gasteiger partial charge in [0.15, 0.2) is 0 Å². The molecule has 0 saturated heterocycles. The number of nitrogens with one attached hydrogen (secondary N) is 1. The second-order valence-corrected chi connectivity index (χ2v) is 10.2. The van der Waals surface area contributed by atoms with Gasteiger partial charge in [0.25, 0.3) is 5.91 Å². The highest BCUT2D eigenvalue weighted by atomic mass is 32.2. The average Bonchev–Trinajstić information content (AvgIpc) is 3.41. The maximum atomic E-state index is 13.2. The first-order valence-electron chi connectivity index (χ1n) is 11.2. The molecule has 3 aromatic rings. The van der Waals surface area contributed by atoms with E-state index in [-0.39, 0.29) is 41.5 Å². The minimum absolute atomic E-state index is 0.0886. The summed E-state index contributed by atoms with van der Waals surface area (Å²) in [5.41, 5.74) is 1.07. The van der Waals surface area contributed by atoms with Gasteiger partial charge in [-0.15, -0.1) is 5.10 Å². The van der Waals surface area contributed by atoms with Gasteiger partial charge in [0.1, 0.15) is 17.3 Å². The summed E-state index contributed by atoms with van der Waals surface area (Å²) < 4.78 is 34.5. The highest BCUT2D eigenvalue weighted by Gasteiger charge is 2.38. The van der Waals surface area contributed by atoms with E-state index in [0.717, 1.165) is 0 Å². The van der Waals surface area contributed by atoms with Crippen molar-refractivity contribution in [3.8, 4) is 17.3 Å². The fraction of sp³-hybridized carbons (Fsp3) is 0.409. The molecule has 2 aromatic heterocycles. The number of carbonyl (C=O) groups excluding carboxylic acids is 1. The van der Waals surface area contributed by atoms with Gasteiger partial charge in [-0.2, -0.15) is 4.31 Å². The van der Waals surface area contributed by atoms with E-state index in [1.807, 2.05) is 0 Å². The number of anilines is 1. The summed E-state index contributed by atoms with van der Waals surface area (Å²) in [5.74, 6) is 0.271. The lowest BCUT2D eigenvalue weighted by atomic mass is 10.1. The standard InChI is InChI=1S/C22H27N7O5S/c1-5-34-18-9-15-11-28(13(2)3)35(32,33)19(15)10-16(18)22(31)24-20-8-6-7-17(23-20)21-25-26-27-29(21)14(4)12-30/h6-10,13-14,30H,5,11-12H2,1-4H3,(H,23,24,31)/t14-/m1/s1. The summed E-state index contributed by atoms with van der Waals surface area (Å²) in [4.78, 5) is 17.8. The zero-order chi connectivity index (χ0) is 25.3. The van der Waals surface area contributed by atoms with Gasteiger partial charge < -0.3 is 15.2 Å². The number of nitrogens with zero attached hydrogens (tertiary/aromatic N) is 6. The van der Waals surface area contributed by atoms with Crippen LogP contribution in [0.4, 0.5) is 5.82 Å². The van der Waals surface area contributed by atoms with Gasteiger partial charge >= 0.3 is 0 Å². The number of hydrogen-bond donors (Lipinski definition) is 2. The molecular formula is C22H27N7O5S. The molecule has 3 heterocycles. The Hall–Kier alpha value is -3.42. The molecule has 0 aliphatic carbocycles. The number of aromatic nitrogens is 5. The zero-order valence-electron chi connectivity index (χ0n) is 19.8. The molecular weight excluding hydrogens is 474 g/mol. The van der Waals surface area contributed by atoms with E-state index >= 15 is 0 Å². The molecule has 35 heavy (non-hydrogen) atoms. The molecule has 0 spiro atoms. The molecule has 12 nitrogen and oxygen atoms in total. The van der Waals surface area contributed by atoms with Crippen LogP contribution < -0.4 is 10.1 Å². The molecule has 1 aliphatic rings. The molecule has 1 aliphatic heterocycles. The normalized spacial score (nSPS) is 15.7. The van der Waals surface area contributed by atoms with Crippen LogP contribution in [0.25, 0.3) is 11.5 Å². The van der Waals surface area contributed by atoms with Crippen LogP contribution in [-0.4, -0.2) is 68.2 Å². The molecule has 2 N–H and O–H groups in total. The zero-order valence-corrected chi connectivity index (χ0v) is 20.7. The molecule has 0 bridgehead atoms. The molecule has 1 amide bonds. The number of rotatable bonds is 8. The Bertz CT molecular complexity index is 1360. The van der Waals surface area contributed by atoms with Gasteiger partial charge in [0.05, 0.1) is 29.7 Å². The molecule has 0 saturated carbocycles. The van der Waals surface area contributed by atoms with Gasteiger partial charge in [-0.3, -0.25) is 4.79 Å². The number of amides is 1. The number of tetrazole rings is 1. The van der Waals surface area contributed by atoms with Crippen molar-refractivity contribution >= 4 is 21.7 Å². The van der Waals surface area contributed by atoms with Crippen molar-refractivity contribution in [1.82, 2.24) is 29.5 Å². The molecule has 0 fully saturated rings. The Morgan fingerprint density at radius 3 is 2.71 bits per heavy atom. The van der Waals surface area contributed by atoms with Crippen molar-refractivity contribution in [3.63, 3.8) is 0 Å². The Morgan fingerprint density at radius 2 is 2.03 bits per heavy atom. The van der Waals surface area contributed by atoms with Gasteiger partial charge in [-0.25, -0.2) is 18.1 Å². The van der Waals surface area contributed by atoms with Gasteiger partial charge in [-0.05, 0) is 68.0 Å².